The summed E-state index contributed by atoms with van der Waals surface area (Å²) in [6.07, 6.45) is 1.19. The van der Waals surface area contributed by atoms with E-state index in [1.54, 1.807) is 0 Å². The van der Waals surface area contributed by atoms with Crippen LogP contribution in [-0.2, 0) is 10.2 Å². The maximum Gasteiger partial charge on any atom is 0.0588 e. The molecule has 1 heterocycles. The number of benzene rings is 1. The van der Waals surface area contributed by atoms with E-state index in [9.17, 15) is 0 Å². The Morgan fingerprint density at radius 3 is 2.56 bits per heavy atom. The van der Waals surface area contributed by atoms with Crippen molar-refractivity contribution in [3.8, 4) is 0 Å². The van der Waals surface area contributed by atoms with Crippen LogP contribution < -0.4 is 5.32 Å². The third-order valence-electron chi connectivity index (χ3n) is 4.37. The zero-order valence-electron chi connectivity index (χ0n) is 12.0. The molecule has 0 amide bonds. The van der Waals surface area contributed by atoms with Crippen molar-refractivity contribution in [2.45, 2.75) is 32.6 Å². The van der Waals surface area contributed by atoms with Gasteiger partial charge in [0.25, 0.3) is 0 Å². The second kappa shape index (κ2) is 5.41. The number of nitrogens with one attached hydrogen (secondary N) is 1. The molecule has 2 rings (SSSR count). The molecule has 0 aromatic heterocycles. The first-order chi connectivity index (χ1) is 8.64. The van der Waals surface area contributed by atoms with Crippen LogP contribution in [-0.4, -0.2) is 26.8 Å². The molecule has 1 fully saturated rings. The van der Waals surface area contributed by atoms with Crippen LogP contribution in [0.1, 0.15) is 30.0 Å². The average molecular weight is 247 g/mol. The lowest BCUT2D eigenvalue weighted by Gasteiger charge is -2.48. The molecule has 100 valence electrons. The predicted molar refractivity (Wildman–Crippen MR) is 76.1 cm³/mol. The minimum Gasteiger partial charge on any atom is -0.379 e. The van der Waals surface area contributed by atoms with E-state index < -0.39 is 0 Å². The van der Waals surface area contributed by atoms with E-state index in [-0.39, 0.29) is 5.41 Å². The molecule has 2 heteroatoms. The van der Waals surface area contributed by atoms with Crippen molar-refractivity contribution < 1.29 is 4.74 Å². The van der Waals surface area contributed by atoms with Crippen LogP contribution in [0.3, 0.4) is 0 Å². The van der Waals surface area contributed by atoms with Gasteiger partial charge in [0.05, 0.1) is 13.2 Å². The average Bonchev–Trinajstić information content (AvgIpc) is 2.31. The molecule has 18 heavy (non-hydrogen) atoms. The highest BCUT2D eigenvalue weighted by atomic mass is 16.5. The summed E-state index contributed by atoms with van der Waals surface area (Å²) < 4.78 is 5.59. The fourth-order valence-corrected chi connectivity index (χ4v) is 3.18. The van der Waals surface area contributed by atoms with Crippen molar-refractivity contribution in [3.05, 3.63) is 34.9 Å². The van der Waals surface area contributed by atoms with Crippen LogP contribution in [0.2, 0.25) is 0 Å². The summed E-state index contributed by atoms with van der Waals surface area (Å²) in [5, 5.41) is 3.34. The molecule has 1 aromatic rings. The van der Waals surface area contributed by atoms with Gasteiger partial charge in [-0.05, 0) is 44.5 Å². The minimum absolute atomic E-state index is 0.230. The monoisotopic (exact) mass is 247 g/mol. The molecule has 1 atom stereocenters. The summed E-state index contributed by atoms with van der Waals surface area (Å²) in [5.74, 6) is 0.650. The summed E-state index contributed by atoms with van der Waals surface area (Å²) in [6.45, 7) is 9.49. The maximum atomic E-state index is 5.59. The summed E-state index contributed by atoms with van der Waals surface area (Å²) in [7, 11) is 2.04. The van der Waals surface area contributed by atoms with Crippen molar-refractivity contribution in [2.24, 2.45) is 5.92 Å². The van der Waals surface area contributed by atoms with Gasteiger partial charge in [-0.25, -0.2) is 0 Å². The second-order valence-electron chi connectivity index (χ2n) is 5.63. The molecular weight excluding hydrogens is 222 g/mol. The summed E-state index contributed by atoms with van der Waals surface area (Å²) in [4.78, 5) is 0. The van der Waals surface area contributed by atoms with E-state index in [0.29, 0.717) is 5.92 Å². The number of rotatable bonds is 5. The first-order valence-electron chi connectivity index (χ1n) is 6.94. The topological polar surface area (TPSA) is 21.3 Å². The summed E-state index contributed by atoms with van der Waals surface area (Å²) in [6, 6.07) is 6.80. The first kappa shape index (κ1) is 13.6. The van der Waals surface area contributed by atoms with Crippen molar-refractivity contribution in [1.82, 2.24) is 5.32 Å². The third-order valence-corrected chi connectivity index (χ3v) is 4.37. The molecule has 1 aromatic carbocycles. The lowest BCUT2D eigenvalue weighted by atomic mass is 9.66. The van der Waals surface area contributed by atoms with E-state index in [1.165, 1.54) is 23.1 Å². The van der Waals surface area contributed by atoms with Crippen LogP contribution in [0.5, 0.6) is 0 Å². The van der Waals surface area contributed by atoms with E-state index in [4.69, 9.17) is 4.74 Å². The molecule has 1 unspecified atom stereocenters. The van der Waals surface area contributed by atoms with Crippen LogP contribution >= 0.6 is 0 Å². The number of aryl methyl sites for hydroxylation is 2. The van der Waals surface area contributed by atoms with Gasteiger partial charge >= 0.3 is 0 Å². The van der Waals surface area contributed by atoms with Gasteiger partial charge in [-0.15, -0.1) is 0 Å². The lowest BCUT2D eigenvalue weighted by molar-refractivity contribution is -0.0912. The van der Waals surface area contributed by atoms with Gasteiger partial charge in [0.2, 0.25) is 0 Å². The lowest BCUT2D eigenvalue weighted by Crippen LogP contribution is -2.55. The van der Waals surface area contributed by atoms with Crippen molar-refractivity contribution in [1.29, 1.82) is 0 Å². The zero-order valence-corrected chi connectivity index (χ0v) is 12.0. The largest absolute Gasteiger partial charge is 0.379 e. The molecule has 2 nitrogen and oxygen atoms in total. The van der Waals surface area contributed by atoms with Crippen LogP contribution in [0.25, 0.3) is 0 Å². The van der Waals surface area contributed by atoms with Crippen molar-refractivity contribution in [2.75, 3.05) is 26.8 Å². The third kappa shape index (κ3) is 2.19. The molecule has 1 aliphatic heterocycles. The maximum absolute atomic E-state index is 5.59. The van der Waals surface area contributed by atoms with Gasteiger partial charge in [-0.2, -0.15) is 0 Å². The van der Waals surface area contributed by atoms with Crippen LogP contribution in [0.15, 0.2) is 18.2 Å². The minimum atomic E-state index is 0.230. The fourth-order valence-electron chi connectivity index (χ4n) is 3.18. The Labute approximate surface area is 111 Å². The Hall–Kier alpha value is -0.860. The van der Waals surface area contributed by atoms with Gasteiger partial charge in [0.15, 0.2) is 0 Å². The van der Waals surface area contributed by atoms with Crippen molar-refractivity contribution in [3.63, 3.8) is 0 Å². The molecule has 1 N–H and O–H groups in total. The van der Waals surface area contributed by atoms with E-state index >= 15 is 0 Å². The highest BCUT2D eigenvalue weighted by molar-refractivity contribution is 5.39. The summed E-state index contributed by atoms with van der Waals surface area (Å²) in [5.41, 5.74) is 4.48. The fraction of sp³-hybridized carbons (Fsp3) is 0.625. The van der Waals surface area contributed by atoms with Gasteiger partial charge in [-0.1, -0.05) is 37.1 Å². The number of hydrogen-bond acceptors (Lipinski definition) is 2. The van der Waals surface area contributed by atoms with E-state index in [1.807, 2.05) is 7.05 Å². The Morgan fingerprint density at radius 2 is 2.06 bits per heavy atom. The SMILES string of the molecule is CCC(CNC)C1(c2cc(C)ccc2C)COC1. The smallest absolute Gasteiger partial charge is 0.0588 e. The molecule has 1 saturated heterocycles. The Morgan fingerprint density at radius 1 is 1.33 bits per heavy atom. The highest BCUT2D eigenvalue weighted by Crippen LogP contribution is 2.42. The predicted octanol–water partition coefficient (Wildman–Crippen LogP) is 2.82. The number of ether oxygens (including phenoxy) is 1. The molecule has 1 aliphatic rings. The van der Waals surface area contributed by atoms with Crippen LogP contribution in [0, 0.1) is 19.8 Å². The molecule has 0 radical (unpaired) electrons. The Balaban J connectivity index is 2.39. The Kier molecular flexibility index (Phi) is 4.08. The molecule has 0 saturated carbocycles. The van der Waals surface area contributed by atoms with Gasteiger partial charge in [0, 0.05) is 5.41 Å². The van der Waals surface area contributed by atoms with Gasteiger partial charge in [0.1, 0.15) is 0 Å². The van der Waals surface area contributed by atoms with E-state index in [2.05, 4.69) is 44.3 Å². The quantitative estimate of drug-likeness (QED) is 0.864. The highest BCUT2D eigenvalue weighted by Gasteiger charge is 2.46. The second-order valence-corrected chi connectivity index (χ2v) is 5.63. The van der Waals surface area contributed by atoms with Crippen LogP contribution in [0.4, 0.5) is 0 Å². The van der Waals surface area contributed by atoms with Gasteiger partial charge in [-0.3, -0.25) is 0 Å². The Bertz CT molecular complexity index is 410. The number of hydrogen-bond donors (Lipinski definition) is 1. The zero-order chi connectivity index (χ0) is 13.2. The molecule has 0 bridgehead atoms. The molecule has 0 aliphatic carbocycles. The molecule has 0 spiro atoms. The van der Waals surface area contributed by atoms with Gasteiger partial charge < -0.3 is 10.1 Å². The normalized spacial score (nSPS) is 19.3. The summed E-state index contributed by atoms with van der Waals surface area (Å²) >= 11 is 0. The first-order valence-corrected chi connectivity index (χ1v) is 6.94. The van der Waals surface area contributed by atoms with E-state index in [0.717, 1.165) is 19.8 Å². The van der Waals surface area contributed by atoms with Crippen molar-refractivity contribution >= 4 is 0 Å². The molecular formula is C16H25NO. The standard InChI is InChI=1S/C16H25NO/c1-5-14(9-17-4)16(10-18-11-16)15-8-12(2)6-7-13(15)3/h6-8,14,17H,5,9-11H2,1-4H3.